The smallest absolute Gasteiger partial charge is 0.410 e. The number of hydrogen-bond donors (Lipinski definition) is 1. The molecule has 28 heavy (non-hydrogen) atoms. The first-order valence-electron chi connectivity index (χ1n) is 9.90. The molecule has 1 aromatic carbocycles. The highest BCUT2D eigenvalue weighted by Crippen LogP contribution is 2.26. The number of hydrogen-bond acceptors (Lipinski definition) is 3. The lowest BCUT2D eigenvalue weighted by atomic mass is 10.2. The molecule has 0 atom stereocenters. The van der Waals surface area contributed by atoms with Gasteiger partial charge in [0.2, 0.25) is 0 Å². The first-order chi connectivity index (χ1) is 13.2. The number of ether oxygens (including phenoxy) is 1. The zero-order valence-corrected chi connectivity index (χ0v) is 18.4. The molecule has 1 aromatic rings. The van der Waals surface area contributed by atoms with Gasteiger partial charge in [-0.25, -0.2) is 4.79 Å². The van der Waals surface area contributed by atoms with E-state index in [0.29, 0.717) is 21.7 Å². The van der Waals surface area contributed by atoms with Gasteiger partial charge in [0.05, 0.1) is 15.6 Å². The Morgan fingerprint density at radius 2 is 1.68 bits per heavy atom. The minimum Gasteiger partial charge on any atom is -0.444 e. The van der Waals surface area contributed by atoms with Crippen LogP contribution in [0.25, 0.3) is 0 Å². The summed E-state index contributed by atoms with van der Waals surface area (Å²) in [5, 5.41) is 3.73. The first-order valence-corrected chi connectivity index (χ1v) is 10.7. The van der Waals surface area contributed by atoms with Crippen LogP contribution in [-0.4, -0.2) is 41.6 Å². The predicted octanol–water partition coefficient (Wildman–Crippen LogP) is 5.68. The topological polar surface area (TPSA) is 58.6 Å². The molecule has 1 aliphatic carbocycles. The highest BCUT2D eigenvalue weighted by Gasteiger charge is 2.24. The van der Waals surface area contributed by atoms with Gasteiger partial charge in [0, 0.05) is 19.1 Å². The van der Waals surface area contributed by atoms with Gasteiger partial charge in [0.25, 0.3) is 5.91 Å². The molecule has 0 bridgehead atoms. The number of likely N-dealkylation sites (tertiary alicyclic amines) is 1. The average molecular weight is 429 g/mol. The number of rotatable bonds is 2. The quantitative estimate of drug-likeness (QED) is 0.658. The third-order valence-corrected chi connectivity index (χ3v) is 5.46. The molecule has 1 heterocycles. The summed E-state index contributed by atoms with van der Waals surface area (Å²) >= 11 is 11.8. The molecule has 0 radical (unpaired) electrons. The van der Waals surface area contributed by atoms with Crippen molar-refractivity contribution in [2.45, 2.75) is 70.9 Å². The Labute approximate surface area is 177 Å². The lowest BCUT2D eigenvalue weighted by Gasteiger charge is -2.23. The van der Waals surface area contributed by atoms with E-state index < -0.39 is 0 Å². The lowest BCUT2D eigenvalue weighted by molar-refractivity contribution is 0.0295. The van der Waals surface area contributed by atoms with Crippen LogP contribution in [0.2, 0.25) is 10.0 Å². The molecule has 0 unspecified atom stereocenters. The van der Waals surface area contributed by atoms with Gasteiger partial charge in [-0.2, -0.15) is 0 Å². The largest absolute Gasteiger partial charge is 0.444 e. The maximum Gasteiger partial charge on any atom is 0.410 e. The molecule has 2 aliphatic rings. The molecule has 1 saturated heterocycles. The van der Waals surface area contributed by atoms with Crippen molar-refractivity contribution in [3.8, 4) is 0 Å². The Bertz CT molecular complexity index is 677. The van der Waals surface area contributed by atoms with Crippen LogP contribution in [0.5, 0.6) is 0 Å². The van der Waals surface area contributed by atoms with E-state index in [4.69, 9.17) is 27.9 Å². The van der Waals surface area contributed by atoms with Gasteiger partial charge in [-0.15, -0.1) is 0 Å². The molecule has 0 aromatic heterocycles. The predicted molar refractivity (Wildman–Crippen MR) is 113 cm³/mol. The van der Waals surface area contributed by atoms with Gasteiger partial charge in [-0.1, -0.05) is 42.1 Å². The van der Waals surface area contributed by atoms with Crippen molar-refractivity contribution in [1.29, 1.82) is 0 Å². The van der Waals surface area contributed by atoms with Crippen molar-refractivity contribution in [1.82, 2.24) is 10.2 Å². The summed E-state index contributed by atoms with van der Waals surface area (Å²) in [6.45, 7) is 7.38. The number of carbonyl (C=O) groups excluding carboxylic acids is 2. The molecule has 2 fully saturated rings. The molecule has 3 rings (SSSR count). The fraction of sp³-hybridized carbons (Fsp3) is 0.619. The molecule has 1 aliphatic heterocycles. The summed E-state index contributed by atoms with van der Waals surface area (Å²) in [6, 6.07) is 5.40. The molecular weight excluding hydrogens is 399 g/mol. The Hall–Kier alpha value is -1.46. The second kappa shape index (κ2) is 10.4. The molecule has 1 N–H and O–H groups in total. The third-order valence-electron chi connectivity index (χ3n) is 4.64. The molecule has 156 valence electrons. The van der Waals surface area contributed by atoms with Gasteiger partial charge in [-0.05, 0) is 58.6 Å². The van der Waals surface area contributed by atoms with E-state index in [2.05, 4.69) is 5.32 Å². The molecule has 0 spiro atoms. The maximum absolute atomic E-state index is 11.9. The highest BCUT2D eigenvalue weighted by molar-refractivity contribution is 6.43. The van der Waals surface area contributed by atoms with E-state index in [1.807, 2.05) is 20.8 Å². The second-order valence-electron chi connectivity index (χ2n) is 8.23. The molecule has 5 nitrogen and oxygen atoms in total. The SMILES string of the molecule is CC(C)(C)OC(=O)N1CCCC1.O=C(NC1CCCC1)c1cccc(Cl)c1Cl. The van der Waals surface area contributed by atoms with Crippen LogP contribution in [0.15, 0.2) is 18.2 Å². The van der Waals surface area contributed by atoms with Gasteiger partial charge in [0.15, 0.2) is 0 Å². The van der Waals surface area contributed by atoms with Gasteiger partial charge < -0.3 is 15.0 Å². The summed E-state index contributed by atoms with van der Waals surface area (Å²) in [5.74, 6) is -0.126. The van der Waals surface area contributed by atoms with Gasteiger partial charge >= 0.3 is 6.09 Å². The number of nitrogens with zero attached hydrogens (tertiary/aromatic N) is 1. The minimum atomic E-state index is -0.361. The van der Waals surface area contributed by atoms with Crippen molar-refractivity contribution in [2.24, 2.45) is 0 Å². The van der Waals surface area contributed by atoms with Crippen molar-refractivity contribution in [2.75, 3.05) is 13.1 Å². The van der Waals surface area contributed by atoms with E-state index in [0.717, 1.165) is 38.8 Å². The highest BCUT2D eigenvalue weighted by atomic mass is 35.5. The van der Waals surface area contributed by atoms with Crippen LogP contribution in [0, 0.1) is 0 Å². The van der Waals surface area contributed by atoms with E-state index in [9.17, 15) is 9.59 Å². The third kappa shape index (κ3) is 7.17. The average Bonchev–Trinajstić information content (AvgIpc) is 3.30. The zero-order chi connectivity index (χ0) is 20.7. The summed E-state index contributed by atoms with van der Waals surface area (Å²) in [7, 11) is 0. The molecule has 2 amide bonds. The number of nitrogens with one attached hydrogen (secondary N) is 1. The normalized spacial score (nSPS) is 17.1. The zero-order valence-electron chi connectivity index (χ0n) is 16.9. The van der Waals surface area contributed by atoms with Gasteiger partial charge in [0.1, 0.15) is 5.60 Å². The number of amides is 2. The fourth-order valence-corrected chi connectivity index (χ4v) is 3.62. The number of carbonyl (C=O) groups is 2. The summed E-state index contributed by atoms with van der Waals surface area (Å²) < 4.78 is 5.21. The second-order valence-corrected chi connectivity index (χ2v) is 9.02. The van der Waals surface area contributed by atoms with E-state index >= 15 is 0 Å². The van der Waals surface area contributed by atoms with Crippen LogP contribution < -0.4 is 5.32 Å². The van der Waals surface area contributed by atoms with Crippen LogP contribution in [0.4, 0.5) is 4.79 Å². The van der Waals surface area contributed by atoms with E-state index in [1.54, 1.807) is 23.1 Å². The monoisotopic (exact) mass is 428 g/mol. The molecule has 1 saturated carbocycles. The van der Waals surface area contributed by atoms with E-state index in [1.165, 1.54) is 12.8 Å². The van der Waals surface area contributed by atoms with Crippen molar-refractivity contribution in [3.63, 3.8) is 0 Å². The summed E-state index contributed by atoms with van der Waals surface area (Å²) in [6.07, 6.45) is 6.55. The van der Waals surface area contributed by atoms with Crippen LogP contribution in [0.1, 0.15) is 69.7 Å². The van der Waals surface area contributed by atoms with Crippen LogP contribution in [-0.2, 0) is 4.74 Å². The Morgan fingerprint density at radius 3 is 2.25 bits per heavy atom. The molecule has 7 heteroatoms. The van der Waals surface area contributed by atoms with Crippen LogP contribution >= 0.6 is 23.2 Å². The maximum atomic E-state index is 11.9. The molecular formula is C21H30Cl2N2O3. The Kier molecular flexibility index (Phi) is 8.44. The van der Waals surface area contributed by atoms with Crippen molar-refractivity contribution in [3.05, 3.63) is 33.8 Å². The van der Waals surface area contributed by atoms with E-state index in [-0.39, 0.29) is 17.6 Å². The number of benzene rings is 1. The van der Waals surface area contributed by atoms with Crippen LogP contribution in [0.3, 0.4) is 0 Å². The summed E-state index contributed by atoms with van der Waals surface area (Å²) in [5.41, 5.74) is 0.0979. The lowest BCUT2D eigenvalue weighted by Crippen LogP contribution is -2.34. The Morgan fingerprint density at radius 1 is 1.07 bits per heavy atom. The van der Waals surface area contributed by atoms with Gasteiger partial charge in [-0.3, -0.25) is 4.79 Å². The van der Waals surface area contributed by atoms with Crippen molar-refractivity contribution >= 4 is 35.2 Å². The Balaban J connectivity index is 0.000000209. The fourth-order valence-electron chi connectivity index (χ4n) is 3.24. The standard InChI is InChI=1S/C12H13Cl2NO.C9H17NO2/c13-10-7-3-6-9(11(10)14)12(16)15-8-4-1-2-5-8;1-9(2,3)12-8(11)10-6-4-5-7-10/h3,6-8H,1-2,4-5H2,(H,15,16);4-7H2,1-3H3. The summed E-state index contributed by atoms with van der Waals surface area (Å²) in [4.78, 5) is 25.1. The number of halogens is 2. The first kappa shape index (κ1) is 22.8. The minimum absolute atomic E-state index is 0.126. The van der Waals surface area contributed by atoms with Crippen molar-refractivity contribution < 1.29 is 14.3 Å².